The summed E-state index contributed by atoms with van der Waals surface area (Å²) in [5.41, 5.74) is 3.55. The van der Waals surface area contributed by atoms with E-state index < -0.39 is 0 Å². The second kappa shape index (κ2) is 8.33. The number of furan rings is 1. The second-order valence-electron chi connectivity index (χ2n) is 6.18. The Labute approximate surface area is 152 Å². The highest BCUT2D eigenvalue weighted by molar-refractivity contribution is 5.95. The summed E-state index contributed by atoms with van der Waals surface area (Å²) in [6, 6.07) is 10.3. The first kappa shape index (κ1) is 17.7. The van der Waals surface area contributed by atoms with Crippen molar-refractivity contribution in [3.63, 3.8) is 0 Å². The number of hydrogen-bond donors (Lipinski definition) is 2. The lowest BCUT2D eigenvalue weighted by atomic mass is 10.1. The molecule has 0 spiro atoms. The van der Waals surface area contributed by atoms with Gasteiger partial charge in [0.05, 0.1) is 6.21 Å². The van der Waals surface area contributed by atoms with Crippen molar-refractivity contribution in [3.05, 3.63) is 47.7 Å². The fourth-order valence-electron chi connectivity index (χ4n) is 2.82. The lowest BCUT2D eigenvalue weighted by molar-refractivity contribution is -0.114. The topological polar surface area (TPSA) is 86.9 Å². The van der Waals surface area contributed by atoms with Crippen molar-refractivity contribution in [2.45, 2.75) is 26.2 Å². The largest absolute Gasteiger partial charge is 0.440 e. The molecule has 7 heteroatoms. The maximum absolute atomic E-state index is 12.1. The molecule has 0 bridgehead atoms. The molecule has 0 atom stereocenters. The third-order valence-corrected chi connectivity index (χ3v) is 4.11. The van der Waals surface area contributed by atoms with Gasteiger partial charge in [0.25, 0.3) is 5.91 Å². The minimum atomic E-state index is -0.335. The van der Waals surface area contributed by atoms with Crippen LogP contribution in [-0.2, 0) is 4.79 Å². The van der Waals surface area contributed by atoms with Gasteiger partial charge in [-0.05, 0) is 49.6 Å². The monoisotopic (exact) mass is 354 g/mol. The van der Waals surface area contributed by atoms with Crippen LogP contribution < -0.4 is 15.6 Å². The normalized spacial score (nSPS) is 14.4. The number of rotatable bonds is 5. The number of anilines is 2. The Hall–Kier alpha value is -3.09. The van der Waals surface area contributed by atoms with Crippen LogP contribution in [-0.4, -0.2) is 31.1 Å². The second-order valence-corrected chi connectivity index (χ2v) is 6.18. The van der Waals surface area contributed by atoms with Gasteiger partial charge in [-0.2, -0.15) is 5.10 Å². The van der Waals surface area contributed by atoms with Gasteiger partial charge in [-0.1, -0.05) is 0 Å². The minimum Gasteiger partial charge on any atom is -0.440 e. The lowest BCUT2D eigenvalue weighted by Gasteiger charge is -2.25. The van der Waals surface area contributed by atoms with Crippen LogP contribution >= 0.6 is 0 Å². The van der Waals surface area contributed by atoms with E-state index in [1.54, 1.807) is 24.3 Å². The predicted molar refractivity (Wildman–Crippen MR) is 101 cm³/mol. The molecule has 7 nitrogen and oxygen atoms in total. The molecule has 0 radical (unpaired) electrons. The standard InChI is InChI=1S/C19H22N4O3/c1-14(24)21-16-7-5-15(6-8-16)19(25)22-20-13-17-9-10-18(26-17)23-11-3-2-4-12-23/h5-10,13H,2-4,11-12H2,1H3,(H,21,24)(H,22,25)/b20-13-. The zero-order valence-corrected chi connectivity index (χ0v) is 14.7. The van der Waals surface area contributed by atoms with E-state index in [-0.39, 0.29) is 11.8 Å². The zero-order chi connectivity index (χ0) is 18.4. The van der Waals surface area contributed by atoms with Crippen molar-refractivity contribution in [1.29, 1.82) is 0 Å². The van der Waals surface area contributed by atoms with Gasteiger partial charge < -0.3 is 14.6 Å². The first-order valence-electron chi connectivity index (χ1n) is 8.68. The Morgan fingerprint density at radius 2 is 1.81 bits per heavy atom. The van der Waals surface area contributed by atoms with Crippen LogP contribution in [0.2, 0.25) is 0 Å². The first-order chi connectivity index (χ1) is 12.6. The van der Waals surface area contributed by atoms with Crippen molar-refractivity contribution < 1.29 is 14.0 Å². The number of hydrazone groups is 1. The summed E-state index contributed by atoms with van der Waals surface area (Å²) in [6.45, 7) is 3.45. The van der Waals surface area contributed by atoms with Gasteiger partial charge in [0.2, 0.25) is 5.91 Å². The smallest absolute Gasteiger partial charge is 0.271 e. The van der Waals surface area contributed by atoms with Gasteiger partial charge in [-0.3, -0.25) is 9.59 Å². The van der Waals surface area contributed by atoms with E-state index in [0.717, 1.165) is 19.0 Å². The molecule has 2 aromatic rings. The van der Waals surface area contributed by atoms with E-state index in [1.165, 1.54) is 32.4 Å². The molecule has 136 valence electrons. The third kappa shape index (κ3) is 4.72. The SMILES string of the molecule is CC(=O)Nc1ccc(C(=O)N/N=C\c2ccc(N3CCCCC3)o2)cc1. The molecule has 0 aliphatic carbocycles. The number of benzene rings is 1. The fraction of sp³-hybridized carbons (Fsp3) is 0.316. The molecule has 0 unspecified atom stereocenters. The summed E-state index contributed by atoms with van der Waals surface area (Å²) in [5.74, 6) is 0.936. The van der Waals surface area contributed by atoms with Crippen LogP contribution in [0.1, 0.15) is 42.3 Å². The molecule has 1 aliphatic rings. The van der Waals surface area contributed by atoms with Crippen LogP contribution in [0.5, 0.6) is 0 Å². The molecule has 2 N–H and O–H groups in total. The maximum Gasteiger partial charge on any atom is 0.271 e. The van der Waals surface area contributed by atoms with Crippen LogP contribution in [0, 0.1) is 0 Å². The number of piperidine rings is 1. The first-order valence-corrected chi connectivity index (χ1v) is 8.68. The number of hydrogen-bond acceptors (Lipinski definition) is 5. The Balaban J connectivity index is 1.54. The molecule has 2 amide bonds. The van der Waals surface area contributed by atoms with Gasteiger partial charge >= 0.3 is 0 Å². The van der Waals surface area contributed by atoms with Crippen molar-refractivity contribution in [2.75, 3.05) is 23.3 Å². The number of nitrogens with zero attached hydrogens (tertiary/aromatic N) is 2. The van der Waals surface area contributed by atoms with Gasteiger partial charge in [0.1, 0.15) is 5.76 Å². The number of carbonyl (C=O) groups excluding carboxylic acids is 2. The van der Waals surface area contributed by atoms with Crippen LogP contribution in [0.25, 0.3) is 0 Å². The zero-order valence-electron chi connectivity index (χ0n) is 14.7. The highest BCUT2D eigenvalue weighted by Gasteiger charge is 2.13. The van der Waals surface area contributed by atoms with Gasteiger partial charge in [0, 0.05) is 37.3 Å². The molecule has 0 saturated carbocycles. The van der Waals surface area contributed by atoms with Crippen molar-refractivity contribution in [1.82, 2.24) is 5.43 Å². The molecule has 1 aliphatic heterocycles. The maximum atomic E-state index is 12.1. The summed E-state index contributed by atoms with van der Waals surface area (Å²) in [5, 5.41) is 6.59. The summed E-state index contributed by atoms with van der Waals surface area (Å²) in [7, 11) is 0. The summed E-state index contributed by atoms with van der Waals surface area (Å²) >= 11 is 0. The van der Waals surface area contributed by atoms with Crippen LogP contribution in [0.3, 0.4) is 0 Å². The number of carbonyl (C=O) groups is 2. The molecule has 1 aromatic heterocycles. The summed E-state index contributed by atoms with van der Waals surface area (Å²) in [6.07, 6.45) is 5.11. The molecular weight excluding hydrogens is 332 g/mol. The highest BCUT2D eigenvalue weighted by atomic mass is 16.4. The minimum absolute atomic E-state index is 0.158. The third-order valence-electron chi connectivity index (χ3n) is 4.11. The van der Waals surface area contributed by atoms with E-state index in [0.29, 0.717) is 17.0 Å². The van der Waals surface area contributed by atoms with Gasteiger partial charge in [0.15, 0.2) is 5.88 Å². The molecule has 26 heavy (non-hydrogen) atoms. The van der Waals surface area contributed by atoms with Crippen LogP contribution in [0.15, 0.2) is 45.9 Å². The number of amides is 2. The fourth-order valence-corrected chi connectivity index (χ4v) is 2.82. The Kier molecular flexibility index (Phi) is 5.68. The lowest BCUT2D eigenvalue weighted by Crippen LogP contribution is -2.28. The van der Waals surface area contributed by atoms with Crippen molar-refractivity contribution in [3.8, 4) is 0 Å². The molecule has 3 rings (SSSR count). The van der Waals surface area contributed by atoms with E-state index in [9.17, 15) is 9.59 Å². The van der Waals surface area contributed by atoms with E-state index in [4.69, 9.17) is 4.42 Å². The van der Waals surface area contributed by atoms with Crippen LogP contribution in [0.4, 0.5) is 11.6 Å². The quantitative estimate of drug-likeness (QED) is 0.638. The Bertz CT molecular complexity index is 789. The summed E-state index contributed by atoms with van der Waals surface area (Å²) < 4.78 is 5.75. The average molecular weight is 354 g/mol. The number of nitrogens with one attached hydrogen (secondary N) is 2. The highest BCUT2D eigenvalue weighted by Crippen LogP contribution is 2.21. The summed E-state index contributed by atoms with van der Waals surface area (Å²) in [4.78, 5) is 25.3. The van der Waals surface area contributed by atoms with E-state index in [2.05, 4.69) is 20.7 Å². The molecule has 1 fully saturated rings. The van der Waals surface area contributed by atoms with Crippen molar-refractivity contribution in [2.24, 2.45) is 5.10 Å². The Morgan fingerprint density at radius 3 is 2.50 bits per heavy atom. The molecule has 1 aromatic carbocycles. The molecular formula is C19H22N4O3. The average Bonchev–Trinajstić information content (AvgIpc) is 3.11. The Morgan fingerprint density at radius 1 is 1.08 bits per heavy atom. The van der Waals surface area contributed by atoms with Gasteiger partial charge in [-0.15, -0.1) is 0 Å². The predicted octanol–water partition coefficient (Wildman–Crippen LogP) is 2.99. The van der Waals surface area contributed by atoms with E-state index in [1.807, 2.05) is 12.1 Å². The molecule has 2 heterocycles. The van der Waals surface area contributed by atoms with E-state index >= 15 is 0 Å². The molecule has 1 saturated heterocycles. The van der Waals surface area contributed by atoms with Gasteiger partial charge in [-0.25, -0.2) is 5.43 Å². The van der Waals surface area contributed by atoms with Crippen molar-refractivity contribution >= 4 is 29.6 Å².